The van der Waals surface area contributed by atoms with Crippen LogP contribution < -0.4 is 5.32 Å². The van der Waals surface area contributed by atoms with Crippen LogP contribution >= 0.6 is 0 Å². The van der Waals surface area contributed by atoms with Gasteiger partial charge in [-0.1, -0.05) is 0 Å². The molecule has 1 aliphatic carbocycles. The normalized spacial score (nSPS) is 17.6. The molecule has 1 aromatic rings. The molecule has 5 heteroatoms. The third kappa shape index (κ3) is 3.06. The minimum absolute atomic E-state index is 0.146. The number of nitrogens with one attached hydrogen (secondary N) is 1. The molecule has 0 aromatic carbocycles. The first-order chi connectivity index (χ1) is 8.26. The predicted molar refractivity (Wildman–Crippen MR) is 64.6 cm³/mol. The summed E-state index contributed by atoms with van der Waals surface area (Å²) in [6.07, 6.45) is 6.18. The summed E-state index contributed by atoms with van der Waals surface area (Å²) in [5.41, 5.74) is 1.23. The molecule has 0 amide bonds. The van der Waals surface area contributed by atoms with Gasteiger partial charge >= 0.3 is 0 Å². The Hall–Kier alpha value is -0.910. The van der Waals surface area contributed by atoms with E-state index in [0.717, 1.165) is 6.54 Å². The van der Waals surface area contributed by atoms with Crippen LogP contribution in [0.25, 0.3) is 0 Å². The fourth-order valence-corrected chi connectivity index (χ4v) is 2.02. The van der Waals surface area contributed by atoms with E-state index < -0.39 is 0 Å². The first kappa shape index (κ1) is 12.5. The molecular weight excluding hydrogens is 218 g/mol. The molecule has 1 heterocycles. The van der Waals surface area contributed by atoms with Crippen LogP contribution in [-0.4, -0.2) is 36.1 Å². The van der Waals surface area contributed by atoms with E-state index in [1.807, 2.05) is 12.5 Å². The van der Waals surface area contributed by atoms with Gasteiger partial charge in [-0.05, 0) is 19.8 Å². The van der Waals surface area contributed by atoms with Crippen molar-refractivity contribution in [2.75, 3.05) is 14.2 Å². The lowest BCUT2D eigenvalue weighted by molar-refractivity contribution is -0.119. The zero-order valence-corrected chi connectivity index (χ0v) is 10.7. The van der Waals surface area contributed by atoms with E-state index in [0.29, 0.717) is 6.04 Å². The van der Waals surface area contributed by atoms with Gasteiger partial charge in [0.05, 0.1) is 18.1 Å². The van der Waals surface area contributed by atoms with Crippen LogP contribution in [0, 0.1) is 0 Å². The Morgan fingerprint density at radius 1 is 1.47 bits per heavy atom. The van der Waals surface area contributed by atoms with E-state index >= 15 is 0 Å². The number of ether oxygens (including phenoxy) is 2. The molecule has 1 fully saturated rings. The number of imidazole rings is 1. The van der Waals surface area contributed by atoms with Crippen LogP contribution in [0.1, 0.15) is 31.5 Å². The summed E-state index contributed by atoms with van der Waals surface area (Å²) < 4.78 is 12.7. The zero-order chi connectivity index (χ0) is 12.3. The molecule has 17 heavy (non-hydrogen) atoms. The monoisotopic (exact) mass is 239 g/mol. The van der Waals surface area contributed by atoms with E-state index in [1.165, 1.54) is 18.5 Å². The summed E-state index contributed by atoms with van der Waals surface area (Å²) in [7, 11) is 3.31. The van der Waals surface area contributed by atoms with Gasteiger partial charge < -0.3 is 19.4 Å². The van der Waals surface area contributed by atoms with Gasteiger partial charge in [-0.3, -0.25) is 0 Å². The molecule has 1 atom stereocenters. The number of methoxy groups -OCH3 is 2. The average molecular weight is 239 g/mol. The van der Waals surface area contributed by atoms with Crippen LogP contribution in [0.5, 0.6) is 0 Å². The topological polar surface area (TPSA) is 48.3 Å². The second-order valence-electron chi connectivity index (χ2n) is 4.53. The van der Waals surface area contributed by atoms with Gasteiger partial charge in [0, 0.05) is 33.0 Å². The highest BCUT2D eigenvalue weighted by Crippen LogP contribution is 2.35. The smallest absolute Gasteiger partial charge is 0.171 e. The Labute approximate surface area is 102 Å². The SMILES string of the molecule is COC(OC)C(C)NCc1cncn1C1CC1. The van der Waals surface area contributed by atoms with Crippen LogP contribution in [0.4, 0.5) is 0 Å². The van der Waals surface area contributed by atoms with E-state index in [2.05, 4.69) is 21.8 Å². The van der Waals surface area contributed by atoms with Crippen molar-refractivity contribution in [1.82, 2.24) is 14.9 Å². The Bertz CT molecular complexity index is 345. The molecule has 0 saturated heterocycles. The lowest BCUT2D eigenvalue weighted by Gasteiger charge is -2.22. The molecule has 5 nitrogen and oxygen atoms in total. The molecule has 1 saturated carbocycles. The molecule has 2 rings (SSSR count). The minimum Gasteiger partial charge on any atom is -0.354 e. The van der Waals surface area contributed by atoms with Crippen molar-refractivity contribution in [3.63, 3.8) is 0 Å². The fourth-order valence-electron chi connectivity index (χ4n) is 2.02. The Kier molecular flexibility index (Phi) is 4.15. The lowest BCUT2D eigenvalue weighted by Crippen LogP contribution is -2.39. The molecule has 1 N–H and O–H groups in total. The summed E-state index contributed by atoms with van der Waals surface area (Å²) in [5.74, 6) is 0. The second kappa shape index (κ2) is 5.62. The Morgan fingerprint density at radius 2 is 2.18 bits per heavy atom. The molecular formula is C12H21N3O2. The largest absolute Gasteiger partial charge is 0.354 e. The van der Waals surface area contributed by atoms with Crippen LogP contribution in [0.2, 0.25) is 0 Å². The third-order valence-electron chi connectivity index (χ3n) is 3.16. The van der Waals surface area contributed by atoms with E-state index in [9.17, 15) is 0 Å². The Morgan fingerprint density at radius 3 is 2.76 bits per heavy atom. The van der Waals surface area contributed by atoms with Gasteiger partial charge in [0.15, 0.2) is 6.29 Å². The average Bonchev–Trinajstić information content (AvgIpc) is 3.07. The maximum absolute atomic E-state index is 5.21. The molecule has 0 bridgehead atoms. The van der Waals surface area contributed by atoms with Gasteiger partial charge in [-0.15, -0.1) is 0 Å². The number of nitrogens with zero attached hydrogens (tertiary/aromatic N) is 2. The Balaban J connectivity index is 1.86. The predicted octanol–water partition coefficient (Wildman–Crippen LogP) is 1.31. The highest BCUT2D eigenvalue weighted by atomic mass is 16.7. The van der Waals surface area contributed by atoms with Crippen molar-refractivity contribution in [2.24, 2.45) is 0 Å². The number of aromatic nitrogens is 2. The molecule has 96 valence electrons. The molecule has 1 aliphatic rings. The van der Waals surface area contributed by atoms with Crippen molar-refractivity contribution < 1.29 is 9.47 Å². The van der Waals surface area contributed by atoms with Crippen molar-refractivity contribution in [1.29, 1.82) is 0 Å². The quantitative estimate of drug-likeness (QED) is 0.729. The van der Waals surface area contributed by atoms with Crippen LogP contribution in [0.3, 0.4) is 0 Å². The first-order valence-corrected chi connectivity index (χ1v) is 6.06. The summed E-state index contributed by atoms with van der Waals surface area (Å²) >= 11 is 0. The summed E-state index contributed by atoms with van der Waals surface area (Å²) in [4.78, 5) is 4.21. The number of rotatable bonds is 7. The lowest BCUT2D eigenvalue weighted by atomic mass is 10.3. The highest BCUT2D eigenvalue weighted by molar-refractivity contribution is 5.03. The van der Waals surface area contributed by atoms with Crippen molar-refractivity contribution in [3.05, 3.63) is 18.2 Å². The number of hydrogen-bond acceptors (Lipinski definition) is 4. The zero-order valence-electron chi connectivity index (χ0n) is 10.7. The second-order valence-corrected chi connectivity index (χ2v) is 4.53. The van der Waals surface area contributed by atoms with Gasteiger partial charge in [0.1, 0.15) is 0 Å². The molecule has 0 aliphatic heterocycles. The molecule has 0 spiro atoms. The van der Waals surface area contributed by atoms with Crippen molar-refractivity contribution in [2.45, 2.75) is 44.7 Å². The van der Waals surface area contributed by atoms with Gasteiger partial charge in [0.2, 0.25) is 0 Å². The maximum Gasteiger partial charge on any atom is 0.171 e. The molecule has 1 unspecified atom stereocenters. The van der Waals surface area contributed by atoms with Crippen molar-refractivity contribution >= 4 is 0 Å². The first-order valence-electron chi connectivity index (χ1n) is 6.06. The third-order valence-corrected chi connectivity index (χ3v) is 3.16. The van der Waals surface area contributed by atoms with Gasteiger partial charge in [-0.2, -0.15) is 0 Å². The summed E-state index contributed by atoms with van der Waals surface area (Å²) in [6.45, 7) is 2.84. The fraction of sp³-hybridized carbons (Fsp3) is 0.750. The van der Waals surface area contributed by atoms with Gasteiger partial charge in [-0.25, -0.2) is 4.98 Å². The number of hydrogen-bond donors (Lipinski definition) is 1. The van der Waals surface area contributed by atoms with Crippen LogP contribution in [0.15, 0.2) is 12.5 Å². The maximum atomic E-state index is 5.21. The van der Waals surface area contributed by atoms with E-state index in [1.54, 1.807) is 14.2 Å². The van der Waals surface area contributed by atoms with E-state index in [-0.39, 0.29) is 12.3 Å². The van der Waals surface area contributed by atoms with Gasteiger partial charge in [0.25, 0.3) is 0 Å². The van der Waals surface area contributed by atoms with Crippen molar-refractivity contribution in [3.8, 4) is 0 Å². The molecule has 0 radical (unpaired) electrons. The summed E-state index contributed by atoms with van der Waals surface area (Å²) in [5, 5.41) is 3.40. The minimum atomic E-state index is -0.215. The molecule has 1 aromatic heterocycles. The highest BCUT2D eigenvalue weighted by Gasteiger charge is 2.25. The standard InChI is InChI=1S/C12H21N3O2/c1-9(12(16-2)17-3)14-7-11-6-13-8-15(11)10-4-5-10/h6,8-10,12,14H,4-5,7H2,1-3H3. The van der Waals surface area contributed by atoms with Crippen LogP contribution in [-0.2, 0) is 16.0 Å². The van der Waals surface area contributed by atoms with E-state index in [4.69, 9.17) is 9.47 Å². The summed E-state index contributed by atoms with van der Waals surface area (Å²) in [6, 6.07) is 0.817.